The number of piperidine rings is 1. The van der Waals surface area contributed by atoms with E-state index in [1.54, 1.807) is 16.7 Å². The molecule has 3 rings (SSSR count). The minimum Gasteiger partial charge on any atom is -0.444 e. The first-order valence-electron chi connectivity index (χ1n) is 10.5. The van der Waals surface area contributed by atoms with E-state index in [1.165, 1.54) is 36.4 Å². The molecule has 1 saturated heterocycles. The number of carbonyl (C=O) groups excluding carboxylic acids is 1. The maximum Gasteiger partial charge on any atom is 0.410 e. The maximum absolute atomic E-state index is 12.3. The number of carbonyl (C=O) groups is 1. The molecular formula is C21H35N3O3S. The zero-order chi connectivity index (χ0) is 20.4. The second-order valence-corrected chi connectivity index (χ2v) is 10.1. The van der Waals surface area contributed by atoms with Crippen molar-refractivity contribution in [2.75, 3.05) is 26.4 Å². The van der Waals surface area contributed by atoms with Gasteiger partial charge >= 0.3 is 6.09 Å². The van der Waals surface area contributed by atoms with Crippen molar-refractivity contribution in [3.8, 4) is 0 Å². The lowest BCUT2D eigenvalue weighted by atomic mass is 9.76. The SMILES string of the molecule is CN=C(SC)[C@H]1CC[C@H](C2=NOC3(CCN(C(=O)OC(C)(C)C)CC3)C2)CC1. The molecule has 0 bridgehead atoms. The van der Waals surface area contributed by atoms with Crippen molar-refractivity contribution >= 4 is 28.6 Å². The highest BCUT2D eigenvalue weighted by molar-refractivity contribution is 8.13. The van der Waals surface area contributed by atoms with Crippen LogP contribution in [0.2, 0.25) is 0 Å². The standard InChI is InChI=1S/C21H35N3O3S/c1-20(2,3)26-19(25)24-12-10-21(11-13-24)14-17(23-27-21)15-6-8-16(9-7-15)18(22-4)28-5/h15-16H,6-14H2,1-5H3/t15-,16-. The summed E-state index contributed by atoms with van der Waals surface area (Å²) in [7, 11) is 1.90. The summed E-state index contributed by atoms with van der Waals surface area (Å²) in [6.45, 7) is 7.06. The van der Waals surface area contributed by atoms with Crippen LogP contribution in [0.5, 0.6) is 0 Å². The molecule has 1 spiro atoms. The van der Waals surface area contributed by atoms with Crippen LogP contribution >= 0.6 is 11.8 Å². The third-order valence-electron chi connectivity index (χ3n) is 6.16. The number of ether oxygens (including phenoxy) is 1. The monoisotopic (exact) mass is 409 g/mol. The lowest BCUT2D eigenvalue weighted by molar-refractivity contribution is -0.0639. The van der Waals surface area contributed by atoms with Gasteiger partial charge < -0.3 is 14.5 Å². The summed E-state index contributed by atoms with van der Waals surface area (Å²) in [5.41, 5.74) is 0.576. The molecule has 0 atom stereocenters. The number of hydrogen-bond donors (Lipinski definition) is 0. The first-order chi connectivity index (χ1) is 13.3. The molecule has 0 unspecified atom stereocenters. The van der Waals surface area contributed by atoms with Gasteiger partial charge in [0.2, 0.25) is 0 Å². The Hall–Kier alpha value is -1.24. The van der Waals surface area contributed by atoms with E-state index in [0.29, 0.717) is 24.9 Å². The van der Waals surface area contributed by atoms with Crippen molar-refractivity contribution < 1.29 is 14.4 Å². The highest BCUT2D eigenvalue weighted by Gasteiger charge is 2.45. The van der Waals surface area contributed by atoms with E-state index in [0.717, 1.165) is 19.3 Å². The van der Waals surface area contributed by atoms with Crippen LogP contribution in [-0.2, 0) is 9.57 Å². The number of aliphatic imine (C=N–C) groups is 1. The Balaban J connectivity index is 1.48. The fourth-order valence-corrected chi connectivity index (χ4v) is 5.33. The fourth-order valence-electron chi connectivity index (χ4n) is 4.57. The first-order valence-corrected chi connectivity index (χ1v) is 11.7. The van der Waals surface area contributed by atoms with Crippen LogP contribution in [0.25, 0.3) is 0 Å². The van der Waals surface area contributed by atoms with Crippen LogP contribution < -0.4 is 0 Å². The Morgan fingerprint density at radius 2 is 1.89 bits per heavy atom. The normalized spacial score (nSPS) is 28.1. The molecule has 2 heterocycles. The second kappa shape index (κ2) is 8.64. The molecule has 0 radical (unpaired) electrons. The van der Waals surface area contributed by atoms with E-state index in [-0.39, 0.29) is 11.7 Å². The van der Waals surface area contributed by atoms with Gasteiger partial charge in [-0.2, -0.15) is 0 Å². The molecule has 0 N–H and O–H groups in total. The lowest BCUT2D eigenvalue weighted by Gasteiger charge is -2.38. The molecule has 2 aliphatic heterocycles. The molecule has 2 fully saturated rings. The minimum absolute atomic E-state index is 0.208. The van der Waals surface area contributed by atoms with Crippen LogP contribution in [0, 0.1) is 11.8 Å². The Kier molecular flexibility index (Phi) is 6.62. The average Bonchev–Trinajstić information content (AvgIpc) is 3.06. The zero-order valence-corrected chi connectivity index (χ0v) is 18.8. The molecule has 0 aromatic heterocycles. The first kappa shape index (κ1) is 21.5. The second-order valence-electron chi connectivity index (χ2n) is 9.32. The molecule has 0 aromatic rings. The summed E-state index contributed by atoms with van der Waals surface area (Å²) in [5, 5.41) is 5.81. The minimum atomic E-state index is -0.455. The number of oxime groups is 1. The van der Waals surface area contributed by atoms with E-state index in [9.17, 15) is 4.79 Å². The van der Waals surface area contributed by atoms with Crippen LogP contribution in [0.3, 0.4) is 0 Å². The van der Waals surface area contributed by atoms with Crippen molar-refractivity contribution in [3.63, 3.8) is 0 Å². The third-order valence-corrected chi connectivity index (χ3v) is 7.10. The number of likely N-dealkylation sites (tertiary alicyclic amines) is 1. The van der Waals surface area contributed by atoms with Gasteiger partial charge in [-0.15, -0.1) is 11.8 Å². The highest BCUT2D eigenvalue weighted by Crippen LogP contribution is 2.40. The number of amides is 1. The van der Waals surface area contributed by atoms with Gasteiger partial charge in [-0.3, -0.25) is 4.99 Å². The van der Waals surface area contributed by atoms with E-state index in [2.05, 4.69) is 16.4 Å². The topological polar surface area (TPSA) is 63.5 Å². The van der Waals surface area contributed by atoms with Crippen LogP contribution in [0.1, 0.15) is 65.7 Å². The van der Waals surface area contributed by atoms with Crippen molar-refractivity contribution in [1.29, 1.82) is 0 Å². The molecule has 3 aliphatic rings. The zero-order valence-electron chi connectivity index (χ0n) is 18.0. The number of nitrogens with zero attached hydrogens (tertiary/aromatic N) is 3. The number of hydrogen-bond acceptors (Lipinski definition) is 6. The van der Waals surface area contributed by atoms with E-state index in [4.69, 9.17) is 9.57 Å². The van der Waals surface area contributed by atoms with Crippen molar-refractivity contribution in [3.05, 3.63) is 0 Å². The van der Waals surface area contributed by atoms with E-state index in [1.807, 2.05) is 27.8 Å². The Labute approximate surface area is 173 Å². The van der Waals surface area contributed by atoms with Gasteiger partial charge in [0.1, 0.15) is 11.2 Å². The third kappa shape index (κ3) is 5.02. The Morgan fingerprint density at radius 1 is 1.25 bits per heavy atom. The summed E-state index contributed by atoms with van der Waals surface area (Å²) < 4.78 is 5.50. The Bertz CT molecular complexity index is 625. The van der Waals surface area contributed by atoms with E-state index < -0.39 is 5.60 Å². The van der Waals surface area contributed by atoms with Crippen LogP contribution in [-0.4, -0.2) is 59.3 Å². The van der Waals surface area contributed by atoms with Gasteiger partial charge in [-0.05, 0) is 52.7 Å². The molecule has 1 saturated carbocycles. The fraction of sp³-hybridized carbons (Fsp3) is 0.857. The molecule has 1 aliphatic carbocycles. The molecule has 7 heteroatoms. The molecular weight excluding hydrogens is 374 g/mol. The molecule has 28 heavy (non-hydrogen) atoms. The van der Waals surface area contributed by atoms with Crippen molar-refractivity contribution in [2.45, 2.75) is 76.9 Å². The quantitative estimate of drug-likeness (QED) is 0.488. The molecule has 1 amide bonds. The summed E-state index contributed by atoms with van der Waals surface area (Å²) in [6, 6.07) is 0. The number of rotatable bonds is 2. The summed E-state index contributed by atoms with van der Waals surface area (Å²) in [6.07, 6.45) is 9.20. The molecule has 158 valence electrons. The van der Waals surface area contributed by atoms with Gasteiger partial charge in [-0.1, -0.05) is 5.16 Å². The average molecular weight is 410 g/mol. The summed E-state index contributed by atoms with van der Waals surface area (Å²) >= 11 is 1.79. The van der Waals surface area contributed by atoms with Crippen LogP contribution in [0.15, 0.2) is 10.1 Å². The van der Waals surface area contributed by atoms with Gasteiger partial charge in [0, 0.05) is 51.2 Å². The van der Waals surface area contributed by atoms with Crippen LogP contribution in [0.4, 0.5) is 4.79 Å². The predicted molar refractivity (Wildman–Crippen MR) is 115 cm³/mol. The smallest absolute Gasteiger partial charge is 0.410 e. The predicted octanol–water partition coefficient (Wildman–Crippen LogP) is 4.73. The van der Waals surface area contributed by atoms with Crippen molar-refractivity contribution in [1.82, 2.24) is 4.90 Å². The molecule has 0 aromatic carbocycles. The van der Waals surface area contributed by atoms with Gasteiger partial charge in [0.25, 0.3) is 0 Å². The number of thioether (sulfide) groups is 1. The summed E-state index contributed by atoms with van der Waals surface area (Å²) in [4.78, 5) is 24.5. The van der Waals surface area contributed by atoms with E-state index >= 15 is 0 Å². The maximum atomic E-state index is 12.3. The Morgan fingerprint density at radius 3 is 2.43 bits per heavy atom. The highest BCUT2D eigenvalue weighted by atomic mass is 32.2. The molecule has 6 nitrogen and oxygen atoms in total. The van der Waals surface area contributed by atoms with Gasteiger partial charge in [-0.25, -0.2) is 4.79 Å². The van der Waals surface area contributed by atoms with Gasteiger partial charge in [0.15, 0.2) is 0 Å². The largest absolute Gasteiger partial charge is 0.444 e. The summed E-state index contributed by atoms with van der Waals surface area (Å²) in [5.74, 6) is 1.16. The van der Waals surface area contributed by atoms with Crippen molar-refractivity contribution in [2.24, 2.45) is 22.0 Å². The van der Waals surface area contributed by atoms with Gasteiger partial charge in [0.05, 0.1) is 10.8 Å². The lowest BCUT2D eigenvalue weighted by Crippen LogP contribution is -2.48.